The minimum atomic E-state index is 0.206. The third-order valence-electron chi connectivity index (χ3n) is 4.06. The summed E-state index contributed by atoms with van der Waals surface area (Å²) in [4.78, 5) is 14.6. The van der Waals surface area contributed by atoms with Gasteiger partial charge in [0.15, 0.2) is 0 Å². The van der Waals surface area contributed by atoms with E-state index in [9.17, 15) is 4.79 Å². The molecule has 2 heterocycles. The van der Waals surface area contributed by atoms with Gasteiger partial charge in [0.25, 0.3) is 0 Å². The summed E-state index contributed by atoms with van der Waals surface area (Å²) in [6.45, 7) is 6.20. The summed E-state index contributed by atoms with van der Waals surface area (Å²) >= 11 is 0. The zero-order chi connectivity index (χ0) is 14.5. The molecule has 0 aromatic carbocycles. The van der Waals surface area contributed by atoms with Gasteiger partial charge in [0.2, 0.25) is 5.91 Å². The maximum atomic E-state index is 12.5. The molecule has 0 bridgehead atoms. The van der Waals surface area contributed by atoms with E-state index < -0.39 is 0 Å². The Morgan fingerprint density at radius 1 is 1.45 bits per heavy atom. The lowest BCUT2D eigenvalue weighted by Gasteiger charge is -2.36. The lowest BCUT2D eigenvalue weighted by molar-refractivity contribution is -0.135. The van der Waals surface area contributed by atoms with Gasteiger partial charge in [0, 0.05) is 18.3 Å². The van der Waals surface area contributed by atoms with Crippen LogP contribution in [0.1, 0.15) is 37.1 Å². The predicted octanol–water partition coefficient (Wildman–Crippen LogP) is 1.49. The molecule has 2 rings (SSSR count). The summed E-state index contributed by atoms with van der Waals surface area (Å²) in [6.07, 6.45) is 4.53. The van der Waals surface area contributed by atoms with Crippen LogP contribution in [0.2, 0.25) is 0 Å². The Bertz CT molecular complexity index is 455. The summed E-state index contributed by atoms with van der Waals surface area (Å²) in [5, 5.41) is 7.57. The third-order valence-corrected chi connectivity index (χ3v) is 4.06. The van der Waals surface area contributed by atoms with Gasteiger partial charge in [0.1, 0.15) is 6.54 Å². The van der Waals surface area contributed by atoms with Crippen LogP contribution in [0.5, 0.6) is 0 Å². The summed E-state index contributed by atoms with van der Waals surface area (Å²) in [5.74, 6) is 0.206. The number of carbonyl (C=O) groups excluding carboxylic acids is 1. The highest BCUT2D eigenvalue weighted by atomic mass is 16.2. The van der Waals surface area contributed by atoms with E-state index in [-0.39, 0.29) is 5.91 Å². The number of rotatable bonds is 5. The lowest BCUT2D eigenvalue weighted by Crippen LogP contribution is -2.46. The molecular weight excluding hydrogens is 252 g/mol. The van der Waals surface area contributed by atoms with Gasteiger partial charge in [-0.2, -0.15) is 5.10 Å². The van der Waals surface area contributed by atoms with Gasteiger partial charge in [-0.25, -0.2) is 0 Å². The number of nitrogens with one attached hydrogen (secondary N) is 1. The lowest BCUT2D eigenvalue weighted by atomic mass is 9.99. The number of hydrogen-bond donors (Lipinski definition) is 1. The van der Waals surface area contributed by atoms with Crippen LogP contribution in [0.15, 0.2) is 6.07 Å². The van der Waals surface area contributed by atoms with Crippen LogP contribution in [0, 0.1) is 13.8 Å². The fourth-order valence-corrected chi connectivity index (χ4v) is 2.99. The average Bonchev–Trinajstić information content (AvgIpc) is 2.75. The van der Waals surface area contributed by atoms with Gasteiger partial charge in [-0.05, 0) is 59.2 Å². The number of likely N-dealkylation sites (tertiary alicyclic amines) is 1. The van der Waals surface area contributed by atoms with Crippen LogP contribution in [0.4, 0.5) is 0 Å². The molecule has 1 aliphatic heterocycles. The normalized spacial score (nSPS) is 19.4. The molecule has 1 unspecified atom stereocenters. The first kappa shape index (κ1) is 15.0. The molecule has 1 aliphatic rings. The highest BCUT2D eigenvalue weighted by Gasteiger charge is 2.26. The van der Waals surface area contributed by atoms with E-state index in [2.05, 4.69) is 15.3 Å². The van der Waals surface area contributed by atoms with Crippen LogP contribution in [-0.4, -0.2) is 46.8 Å². The maximum Gasteiger partial charge on any atom is 0.244 e. The second-order valence-electron chi connectivity index (χ2n) is 5.71. The first-order chi connectivity index (χ1) is 9.61. The van der Waals surface area contributed by atoms with Gasteiger partial charge in [0.05, 0.1) is 5.69 Å². The molecule has 0 saturated carbocycles. The smallest absolute Gasteiger partial charge is 0.244 e. The van der Waals surface area contributed by atoms with E-state index in [1.165, 1.54) is 6.42 Å². The predicted molar refractivity (Wildman–Crippen MR) is 79.6 cm³/mol. The first-order valence-corrected chi connectivity index (χ1v) is 7.57. The number of piperidine rings is 1. The molecular formula is C15H26N4O. The van der Waals surface area contributed by atoms with E-state index in [1.54, 1.807) is 0 Å². The number of hydrogen-bond acceptors (Lipinski definition) is 3. The average molecular weight is 278 g/mol. The number of aryl methyl sites for hydroxylation is 2. The Labute approximate surface area is 121 Å². The van der Waals surface area contributed by atoms with Crippen LogP contribution in [0.3, 0.4) is 0 Å². The summed E-state index contributed by atoms with van der Waals surface area (Å²) in [6, 6.07) is 2.41. The van der Waals surface area contributed by atoms with Crippen molar-refractivity contribution in [2.75, 3.05) is 20.1 Å². The highest BCUT2D eigenvalue weighted by molar-refractivity contribution is 5.76. The topological polar surface area (TPSA) is 50.2 Å². The van der Waals surface area contributed by atoms with Crippen LogP contribution >= 0.6 is 0 Å². The third kappa shape index (κ3) is 3.60. The summed E-state index contributed by atoms with van der Waals surface area (Å²) in [7, 11) is 1.96. The SMILES string of the molecule is CNCCC1CCCCN1C(=O)Cn1nc(C)cc1C. The van der Waals surface area contributed by atoms with Crippen molar-refractivity contribution in [2.45, 2.75) is 52.1 Å². The maximum absolute atomic E-state index is 12.5. The molecule has 20 heavy (non-hydrogen) atoms. The van der Waals surface area contributed by atoms with Crippen molar-refractivity contribution < 1.29 is 4.79 Å². The molecule has 1 N–H and O–H groups in total. The van der Waals surface area contributed by atoms with E-state index in [4.69, 9.17) is 0 Å². The largest absolute Gasteiger partial charge is 0.338 e. The standard InChI is InChI=1S/C15H26N4O/c1-12-10-13(2)19(17-12)11-15(20)18-9-5-4-6-14(18)7-8-16-3/h10,14,16H,4-9,11H2,1-3H3. The van der Waals surface area contributed by atoms with Crippen molar-refractivity contribution in [1.82, 2.24) is 20.0 Å². The Hall–Kier alpha value is -1.36. The fourth-order valence-electron chi connectivity index (χ4n) is 2.99. The molecule has 1 atom stereocenters. The van der Waals surface area contributed by atoms with Gasteiger partial charge in [-0.3, -0.25) is 9.48 Å². The van der Waals surface area contributed by atoms with Crippen LogP contribution < -0.4 is 5.32 Å². The number of nitrogens with zero attached hydrogens (tertiary/aromatic N) is 3. The molecule has 1 amide bonds. The highest BCUT2D eigenvalue weighted by Crippen LogP contribution is 2.20. The number of amides is 1. The molecule has 1 aromatic rings. The van der Waals surface area contributed by atoms with Crippen molar-refractivity contribution >= 4 is 5.91 Å². The van der Waals surface area contributed by atoms with E-state index >= 15 is 0 Å². The minimum absolute atomic E-state index is 0.206. The number of carbonyl (C=O) groups is 1. The molecule has 1 saturated heterocycles. The van der Waals surface area contributed by atoms with Crippen LogP contribution in [0.25, 0.3) is 0 Å². The van der Waals surface area contributed by atoms with Crippen molar-refractivity contribution in [2.24, 2.45) is 0 Å². The van der Waals surface area contributed by atoms with E-state index in [1.807, 2.05) is 31.6 Å². The molecule has 1 fully saturated rings. The quantitative estimate of drug-likeness (QED) is 0.888. The molecule has 0 radical (unpaired) electrons. The van der Waals surface area contributed by atoms with Crippen molar-refractivity contribution in [1.29, 1.82) is 0 Å². The molecule has 112 valence electrons. The monoisotopic (exact) mass is 278 g/mol. The molecule has 0 aliphatic carbocycles. The molecule has 1 aromatic heterocycles. The second-order valence-corrected chi connectivity index (χ2v) is 5.71. The summed E-state index contributed by atoms with van der Waals surface area (Å²) in [5.41, 5.74) is 2.03. The Morgan fingerprint density at radius 3 is 2.90 bits per heavy atom. The van der Waals surface area contributed by atoms with Crippen molar-refractivity contribution in [3.8, 4) is 0 Å². The Morgan fingerprint density at radius 2 is 2.25 bits per heavy atom. The minimum Gasteiger partial charge on any atom is -0.338 e. The van der Waals surface area contributed by atoms with Crippen LogP contribution in [-0.2, 0) is 11.3 Å². The van der Waals surface area contributed by atoms with Crippen molar-refractivity contribution in [3.63, 3.8) is 0 Å². The Kier molecular flexibility index (Phi) is 5.17. The zero-order valence-corrected chi connectivity index (χ0v) is 12.9. The van der Waals surface area contributed by atoms with Gasteiger partial charge in [-0.15, -0.1) is 0 Å². The van der Waals surface area contributed by atoms with E-state index in [0.717, 1.165) is 43.7 Å². The first-order valence-electron chi connectivity index (χ1n) is 7.57. The molecule has 5 nitrogen and oxygen atoms in total. The van der Waals surface area contributed by atoms with Gasteiger partial charge >= 0.3 is 0 Å². The second kappa shape index (κ2) is 6.88. The van der Waals surface area contributed by atoms with Gasteiger partial charge in [-0.1, -0.05) is 0 Å². The summed E-state index contributed by atoms with van der Waals surface area (Å²) < 4.78 is 1.82. The molecule has 5 heteroatoms. The number of aromatic nitrogens is 2. The van der Waals surface area contributed by atoms with Gasteiger partial charge < -0.3 is 10.2 Å². The molecule has 0 spiro atoms. The van der Waals surface area contributed by atoms with E-state index in [0.29, 0.717) is 12.6 Å². The fraction of sp³-hybridized carbons (Fsp3) is 0.733. The van der Waals surface area contributed by atoms with Crippen molar-refractivity contribution in [3.05, 3.63) is 17.5 Å². The Balaban J connectivity index is 2.00. The zero-order valence-electron chi connectivity index (χ0n) is 12.9.